The van der Waals surface area contributed by atoms with Crippen LogP contribution in [0, 0.1) is 19.3 Å². The molecule has 0 aromatic carbocycles. The molecule has 116 valence electrons. The Morgan fingerprint density at radius 2 is 1.90 bits per heavy atom. The highest BCUT2D eigenvalue weighted by Crippen LogP contribution is 2.37. The summed E-state index contributed by atoms with van der Waals surface area (Å²) in [4.78, 5) is 27.3. The summed E-state index contributed by atoms with van der Waals surface area (Å²) in [5.74, 6) is -0.892. The quantitative estimate of drug-likeness (QED) is 0.925. The Morgan fingerprint density at radius 1 is 1.29 bits per heavy atom. The third kappa shape index (κ3) is 3.52. The van der Waals surface area contributed by atoms with Gasteiger partial charge in [-0.3, -0.25) is 9.36 Å². The van der Waals surface area contributed by atoms with Crippen molar-refractivity contribution >= 4 is 5.97 Å². The summed E-state index contributed by atoms with van der Waals surface area (Å²) in [7, 11) is 0. The molecule has 2 rings (SSSR count). The van der Waals surface area contributed by atoms with E-state index >= 15 is 0 Å². The van der Waals surface area contributed by atoms with Crippen LogP contribution in [-0.4, -0.2) is 20.6 Å². The first-order valence-corrected chi connectivity index (χ1v) is 7.61. The van der Waals surface area contributed by atoms with Crippen molar-refractivity contribution in [2.75, 3.05) is 0 Å². The topological polar surface area (TPSA) is 72.2 Å². The minimum atomic E-state index is -0.892. The van der Waals surface area contributed by atoms with Crippen LogP contribution in [0.15, 0.2) is 4.79 Å². The fraction of sp³-hybridized carbons (Fsp3) is 0.688. The molecule has 1 N–H and O–H groups in total. The molecule has 0 unspecified atom stereocenters. The third-order valence-corrected chi connectivity index (χ3v) is 4.70. The van der Waals surface area contributed by atoms with Gasteiger partial charge in [-0.15, -0.1) is 0 Å². The van der Waals surface area contributed by atoms with E-state index in [1.165, 1.54) is 19.3 Å². The molecule has 0 amide bonds. The maximum absolute atomic E-state index is 12.2. The number of carboxylic acids is 1. The first kappa shape index (κ1) is 15.7. The number of nitrogens with zero attached hydrogens (tertiary/aromatic N) is 2. The number of rotatable bonds is 4. The highest BCUT2D eigenvalue weighted by Gasteiger charge is 2.29. The van der Waals surface area contributed by atoms with Crippen molar-refractivity contribution < 1.29 is 9.90 Å². The van der Waals surface area contributed by atoms with Crippen molar-refractivity contribution in [1.82, 2.24) is 9.55 Å². The summed E-state index contributed by atoms with van der Waals surface area (Å²) >= 11 is 0. The lowest BCUT2D eigenvalue weighted by Crippen LogP contribution is -2.35. The second-order valence-electron chi connectivity index (χ2n) is 6.57. The second-order valence-corrected chi connectivity index (χ2v) is 6.57. The van der Waals surface area contributed by atoms with Gasteiger partial charge in [0.1, 0.15) is 0 Å². The van der Waals surface area contributed by atoms with Crippen LogP contribution in [-0.2, 0) is 17.8 Å². The van der Waals surface area contributed by atoms with Crippen LogP contribution in [0.1, 0.15) is 56.0 Å². The van der Waals surface area contributed by atoms with Gasteiger partial charge in [0.2, 0.25) is 0 Å². The Hall–Kier alpha value is -1.65. The molecule has 1 fully saturated rings. The first-order valence-electron chi connectivity index (χ1n) is 7.61. The van der Waals surface area contributed by atoms with Gasteiger partial charge in [0.05, 0.1) is 6.42 Å². The van der Waals surface area contributed by atoms with Gasteiger partial charge in [0.25, 0.3) is 0 Å². The molecule has 21 heavy (non-hydrogen) atoms. The predicted molar refractivity (Wildman–Crippen MR) is 80.5 cm³/mol. The van der Waals surface area contributed by atoms with Crippen LogP contribution in [0.5, 0.6) is 0 Å². The minimum absolute atomic E-state index is 0.0817. The van der Waals surface area contributed by atoms with E-state index in [9.17, 15) is 9.59 Å². The van der Waals surface area contributed by atoms with E-state index in [4.69, 9.17) is 5.11 Å². The molecule has 1 aliphatic rings. The van der Waals surface area contributed by atoms with Gasteiger partial charge in [-0.1, -0.05) is 26.2 Å². The number of carboxylic acid groups (broad SMARTS) is 1. The predicted octanol–water partition coefficient (Wildman–Crippen LogP) is 2.46. The molecule has 0 aliphatic heterocycles. The number of aryl methyl sites for hydroxylation is 1. The SMILES string of the molecule is Cc1nc(=O)n(CC2(C)CCCCC2)c(C)c1CC(=O)O. The van der Waals surface area contributed by atoms with Gasteiger partial charge < -0.3 is 5.11 Å². The lowest BCUT2D eigenvalue weighted by Gasteiger charge is -2.34. The Morgan fingerprint density at radius 3 is 2.48 bits per heavy atom. The molecule has 1 heterocycles. The summed E-state index contributed by atoms with van der Waals surface area (Å²) in [5.41, 5.74) is 1.81. The van der Waals surface area contributed by atoms with E-state index in [1.54, 1.807) is 11.5 Å². The van der Waals surface area contributed by atoms with Crippen molar-refractivity contribution in [3.8, 4) is 0 Å². The van der Waals surface area contributed by atoms with E-state index in [0.717, 1.165) is 18.5 Å². The van der Waals surface area contributed by atoms with Gasteiger partial charge >= 0.3 is 11.7 Å². The summed E-state index contributed by atoms with van der Waals surface area (Å²) in [6.45, 7) is 6.40. The smallest absolute Gasteiger partial charge is 0.347 e. The zero-order chi connectivity index (χ0) is 15.6. The fourth-order valence-electron chi connectivity index (χ4n) is 3.38. The summed E-state index contributed by atoms with van der Waals surface area (Å²) in [6, 6.07) is 0. The zero-order valence-corrected chi connectivity index (χ0v) is 13.1. The summed E-state index contributed by atoms with van der Waals surface area (Å²) < 4.78 is 1.68. The Kier molecular flexibility index (Phi) is 4.49. The largest absolute Gasteiger partial charge is 0.481 e. The second kappa shape index (κ2) is 6.00. The van der Waals surface area contributed by atoms with E-state index in [0.29, 0.717) is 17.8 Å². The van der Waals surface area contributed by atoms with E-state index in [2.05, 4.69) is 11.9 Å². The van der Waals surface area contributed by atoms with Gasteiger partial charge in [0, 0.05) is 23.5 Å². The highest BCUT2D eigenvalue weighted by molar-refractivity contribution is 5.70. The molecule has 1 saturated carbocycles. The van der Waals surface area contributed by atoms with E-state index < -0.39 is 5.97 Å². The maximum Gasteiger partial charge on any atom is 0.347 e. The van der Waals surface area contributed by atoms with Gasteiger partial charge in [-0.2, -0.15) is 4.98 Å². The molecule has 0 saturated heterocycles. The van der Waals surface area contributed by atoms with Crippen LogP contribution in [0.25, 0.3) is 0 Å². The van der Waals surface area contributed by atoms with Gasteiger partial charge in [-0.25, -0.2) is 4.79 Å². The molecule has 0 atom stereocenters. The first-order chi connectivity index (χ1) is 9.82. The summed E-state index contributed by atoms with van der Waals surface area (Å²) in [5, 5.41) is 9.03. The Bertz CT molecular complexity index is 598. The monoisotopic (exact) mass is 292 g/mol. The normalized spacial score (nSPS) is 17.7. The lowest BCUT2D eigenvalue weighted by atomic mass is 9.75. The molecular weight excluding hydrogens is 268 g/mol. The number of hydrogen-bond acceptors (Lipinski definition) is 3. The van der Waals surface area contributed by atoms with Crippen molar-refractivity contribution in [3.63, 3.8) is 0 Å². The Labute approximate surface area is 125 Å². The summed E-state index contributed by atoms with van der Waals surface area (Å²) in [6.07, 6.45) is 5.81. The van der Waals surface area contributed by atoms with E-state index in [1.807, 2.05) is 6.92 Å². The molecule has 0 bridgehead atoms. The van der Waals surface area contributed by atoms with Gasteiger partial charge in [-0.05, 0) is 32.1 Å². The fourth-order valence-corrected chi connectivity index (χ4v) is 3.38. The van der Waals surface area contributed by atoms with Crippen molar-refractivity contribution in [3.05, 3.63) is 27.4 Å². The minimum Gasteiger partial charge on any atom is -0.481 e. The molecule has 5 nitrogen and oxygen atoms in total. The van der Waals surface area contributed by atoms with Crippen molar-refractivity contribution in [1.29, 1.82) is 0 Å². The van der Waals surface area contributed by atoms with Crippen LogP contribution in [0.4, 0.5) is 0 Å². The third-order valence-electron chi connectivity index (χ3n) is 4.70. The number of aromatic nitrogens is 2. The van der Waals surface area contributed by atoms with Crippen LogP contribution >= 0.6 is 0 Å². The average molecular weight is 292 g/mol. The van der Waals surface area contributed by atoms with Gasteiger partial charge in [0.15, 0.2) is 0 Å². The average Bonchev–Trinajstić information content (AvgIpc) is 2.40. The molecule has 1 aromatic rings. The molecular formula is C16H24N2O3. The Balaban J connectivity index is 2.38. The molecule has 0 radical (unpaired) electrons. The van der Waals surface area contributed by atoms with Crippen LogP contribution in [0.3, 0.4) is 0 Å². The molecule has 5 heteroatoms. The maximum atomic E-state index is 12.2. The molecule has 0 spiro atoms. The lowest BCUT2D eigenvalue weighted by molar-refractivity contribution is -0.136. The number of carbonyl (C=O) groups is 1. The van der Waals surface area contributed by atoms with Crippen molar-refractivity contribution in [2.24, 2.45) is 5.41 Å². The number of aliphatic carboxylic acids is 1. The van der Waals surface area contributed by atoms with E-state index in [-0.39, 0.29) is 17.5 Å². The van der Waals surface area contributed by atoms with Crippen LogP contribution in [0.2, 0.25) is 0 Å². The van der Waals surface area contributed by atoms with Crippen molar-refractivity contribution in [2.45, 2.75) is 65.8 Å². The molecule has 1 aliphatic carbocycles. The molecule has 1 aromatic heterocycles. The highest BCUT2D eigenvalue weighted by atomic mass is 16.4. The standard InChI is InChI=1S/C16H24N2O3/c1-11-13(9-14(19)20)12(2)18(15(21)17-11)10-16(3)7-5-4-6-8-16/h4-10H2,1-3H3,(H,19,20). The van der Waals surface area contributed by atoms with Crippen LogP contribution < -0.4 is 5.69 Å². The number of hydrogen-bond donors (Lipinski definition) is 1. The zero-order valence-electron chi connectivity index (χ0n) is 13.1.